The van der Waals surface area contributed by atoms with Gasteiger partial charge < -0.3 is 15.2 Å². The number of para-hydroxylation sites is 1. The lowest BCUT2D eigenvalue weighted by atomic mass is 10.2. The lowest BCUT2D eigenvalue weighted by molar-refractivity contribution is 0.216. The monoisotopic (exact) mass is 261 g/mol. The van der Waals surface area contributed by atoms with Gasteiger partial charge in [0.05, 0.1) is 0 Å². The number of ether oxygens (including phenoxy) is 2. The Morgan fingerprint density at radius 1 is 0.895 bits per heavy atom. The van der Waals surface area contributed by atoms with Crippen LogP contribution in [0.5, 0.6) is 11.5 Å². The average Bonchev–Trinajstić information content (AvgIpc) is 2.46. The van der Waals surface area contributed by atoms with E-state index in [1.165, 1.54) is 12.1 Å². The van der Waals surface area contributed by atoms with E-state index in [-0.39, 0.29) is 5.82 Å². The van der Waals surface area contributed by atoms with Crippen LogP contribution in [-0.4, -0.2) is 13.2 Å². The third kappa shape index (κ3) is 3.96. The maximum absolute atomic E-state index is 12.7. The van der Waals surface area contributed by atoms with Crippen molar-refractivity contribution in [3.8, 4) is 11.5 Å². The molecule has 0 heterocycles. The average molecular weight is 261 g/mol. The molecule has 0 aromatic heterocycles. The van der Waals surface area contributed by atoms with E-state index in [2.05, 4.69) is 0 Å². The van der Waals surface area contributed by atoms with Crippen LogP contribution >= 0.6 is 0 Å². The largest absolute Gasteiger partial charge is 0.490 e. The summed E-state index contributed by atoms with van der Waals surface area (Å²) in [6.07, 6.45) is 0. The Balaban J connectivity index is 1.79. The van der Waals surface area contributed by atoms with E-state index in [4.69, 9.17) is 15.2 Å². The second-order valence-electron chi connectivity index (χ2n) is 3.96. The van der Waals surface area contributed by atoms with Crippen LogP contribution in [0.2, 0.25) is 0 Å². The van der Waals surface area contributed by atoms with Gasteiger partial charge in [-0.1, -0.05) is 18.2 Å². The summed E-state index contributed by atoms with van der Waals surface area (Å²) in [5.74, 6) is 1.12. The fourth-order valence-electron chi connectivity index (χ4n) is 1.66. The summed E-state index contributed by atoms with van der Waals surface area (Å²) in [5.41, 5.74) is 6.58. The van der Waals surface area contributed by atoms with Crippen molar-refractivity contribution < 1.29 is 13.9 Å². The predicted octanol–water partition coefficient (Wildman–Crippen LogP) is 2.74. The van der Waals surface area contributed by atoms with E-state index < -0.39 is 0 Å². The lowest BCUT2D eigenvalue weighted by Crippen LogP contribution is -2.10. The van der Waals surface area contributed by atoms with Crippen molar-refractivity contribution in [3.05, 3.63) is 59.9 Å². The summed E-state index contributed by atoms with van der Waals surface area (Å²) in [6.45, 7) is 1.24. The molecule has 0 spiro atoms. The summed E-state index contributed by atoms with van der Waals surface area (Å²) in [4.78, 5) is 0. The maximum Gasteiger partial charge on any atom is 0.123 e. The van der Waals surface area contributed by atoms with Crippen molar-refractivity contribution in [2.75, 3.05) is 13.2 Å². The highest BCUT2D eigenvalue weighted by Gasteiger charge is 2.01. The Kier molecular flexibility index (Phi) is 4.75. The molecule has 0 fully saturated rings. The van der Waals surface area contributed by atoms with E-state index in [0.717, 1.165) is 11.3 Å². The highest BCUT2D eigenvalue weighted by Crippen LogP contribution is 2.17. The summed E-state index contributed by atoms with van der Waals surface area (Å²) < 4.78 is 23.7. The second-order valence-corrected chi connectivity index (χ2v) is 3.96. The van der Waals surface area contributed by atoms with E-state index in [9.17, 15) is 4.39 Å². The van der Waals surface area contributed by atoms with E-state index in [1.807, 2.05) is 24.3 Å². The van der Waals surface area contributed by atoms with E-state index >= 15 is 0 Å². The zero-order chi connectivity index (χ0) is 13.5. The van der Waals surface area contributed by atoms with Gasteiger partial charge in [-0.05, 0) is 30.3 Å². The number of rotatable bonds is 6. The highest BCUT2D eigenvalue weighted by molar-refractivity contribution is 5.33. The zero-order valence-electron chi connectivity index (χ0n) is 10.5. The Morgan fingerprint density at radius 3 is 2.32 bits per heavy atom. The zero-order valence-corrected chi connectivity index (χ0v) is 10.5. The summed E-state index contributed by atoms with van der Waals surface area (Å²) in [6, 6.07) is 13.5. The van der Waals surface area contributed by atoms with Gasteiger partial charge in [-0.15, -0.1) is 0 Å². The molecule has 19 heavy (non-hydrogen) atoms. The molecule has 3 nitrogen and oxygen atoms in total. The summed E-state index contributed by atoms with van der Waals surface area (Å²) in [7, 11) is 0. The molecule has 0 saturated carbocycles. The molecule has 2 aromatic rings. The van der Waals surface area contributed by atoms with Crippen LogP contribution in [0.15, 0.2) is 48.5 Å². The molecule has 0 aliphatic carbocycles. The van der Waals surface area contributed by atoms with Crippen LogP contribution in [0.1, 0.15) is 5.56 Å². The Labute approximate surface area is 111 Å². The molecule has 2 rings (SSSR count). The molecule has 0 amide bonds. The van der Waals surface area contributed by atoms with Crippen LogP contribution in [0.3, 0.4) is 0 Å². The van der Waals surface area contributed by atoms with Crippen LogP contribution in [-0.2, 0) is 6.54 Å². The number of hydrogen-bond acceptors (Lipinski definition) is 3. The molecule has 2 aromatic carbocycles. The third-order valence-electron chi connectivity index (χ3n) is 2.62. The van der Waals surface area contributed by atoms with Crippen LogP contribution in [0.4, 0.5) is 4.39 Å². The molecule has 0 aliphatic heterocycles. The molecule has 0 aliphatic rings. The van der Waals surface area contributed by atoms with E-state index in [0.29, 0.717) is 25.5 Å². The smallest absolute Gasteiger partial charge is 0.123 e. The first-order valence-corrected chi connectivity index (χ1v) is 6.09. The van der Waals surface area contributed by atoms with Crippen molar-refractivity contribution in [2.24, 2.45) is 5.73 Å². The highest BCUT2D eigenvalue weighted by atomic mass is 19.1. The minimum atomic E-state index is -0.277. The van der Waals surface area contributed by atoms with E-state index in [1.54, 1.807) is 12.1 Å². The van der Waals surface area contributed by atoms with Crippen molar-refractivity contribution in [1.82, 2.24) is 0 Å². The normalized spacial score (nSPS) is 10.2. The fraction of sp³-hybridized carbons (Fsp3) is 0.200. The minimum Gasteiger partial charge on any atom is -0.490 e. The number of hydrogen-bond donors (Lipinski definition) is 1. The van der Waals surface area contributed by atoms with Crippen molar-refractivity contribution in [3.63, 3.8) is 0 Å². The quantitative estimate of drug-likeness (QED) is 0.813. The predicted molar refractivity (Wildman–Crippen MR) is 71.7 cm³/mol. The summed E-state index contributed by atoms with van der Waals surface area (Å²) in [5, 5.41) is 0. The first-order valence-electron chi connectivity index (χ1n) is 6.09. The van der Waals surface area contributed by atoms with Gasteiger partial charge in [0.25, 0.3) is 0 Å². The number of benzene rings is 2. The molecular weight excluding hydrogens is 245 g/mol. The van der Waals surface area contributed by atoms with Gasteiger partial charge in [-0.3, -0.25) is 0 Å². The topological polar surface area (TPSA) is 44.5 Å². The molecule has 0 unspecified atom stereocenters. The molecule has 100 valence electrons. The van der Waals surface area contributed by atoms with Crippen molar-refractivity contribution >= 4 is 0 Å². The summed E-state index contributed by atoms with van der Waals surface area (Å²) >= 11 is 0. The molecule has 0 radical (unpaired) electrons. The first-order chi connectivity index (χ1) is 9.29. The van der Waals surface area contributed by atoms with Gasteiger partial charge in [0.1, 0.15) is 30.5 Å². The van der Waals surface area contributed by atoms with Gasteiger partial charge in [0, 0.05) is 12.1 Å². The molecule has 4 heteroatoms. The van der Waals surface area contributed by atoms with Gasteiger partial charge in [-0.2, -0.15) is 0 Å². The Morgan fingerprint density at radius 2 is 1.58 bits per heavy atom. The van der Waals surface area contributed by atoms with Gasteiger partial charge in [0.15, 0.2) is 0 Å². The minimum absolute atomic E-state index is 0.277. The number of halogens is 1. The Bertz CT molecular complexity index is 514. The van der Waals surface area contributed by atoms with Gasteiger partial charge in [0.2, 0.25) is 0 Å². The molecule has 2 N–H and O–H groups in total. The third-order valence-corrected chi connectivity index (χ3v) is 2.62. The van der Waals surface area contributed by atoms with Gasteiger partial charge in [-0.25, -0.2) is 4.39 Å². The molecular formula is C15H16FNO2. The van der Waals surface area contributed by atoms with Crippen LogP contribution < -0.4 is 15.2 Å². The number of nitrogens with two attached hydrogens (primary N) is 1. The molecule has 0 saturated heterocycles. The lowest BCUT2D eigenvalue weighted by Gasteiger charge is -2.11. The fourth-order valence-corrected chi connectivity index (χ4v) is 1.66. The molecule has 0 atom stereocenters. The second kappa shape index (κ2) is 6.75. The van der Waals surface area contributed by atoms with Crippen molar-refractivity contribution in [2.45, 2.75) is 6.54 Å². The van der Waals surface area contributed by atoms with Gasteiger partial charge >= 0.3 is 0 Å². The standard InChI is InChI=1S/C15H16FNO2/c16-13-5-7-14(8-6-13)18-9-10-19-15-4-2-1-3-12(15)11-17/h1-8H,9-11,17H2. The Hall–Kier alpha value is -2.07. The SMILES string of the molecule is NCc1ccccc1OCCOc1ccc(F)cc1. The maximum atomic E-state index is 12.7. The van der Waals surface area contributed by atoms with Crippen LogP contribution in [0.25, 0.3) is 0 Å². The van der Waals surface area contributed by atoms with Crippen molar-refractivity contribution in [1.29, 1.82) is 0 Å². The first kappa shape index (κ1) is 13.4. The molecule has 0 bridgehead atoms. The van der Waals surface area contributed by atoms with Crippen LogP contribution in [0, 0.1) is 5.82 Å².